The molecule has 3 rings (SSSR count). The summed E-state index contributed by atoms with van der Waals surface area (Å²) in [7, 11) is 1.58. The molecule has 0 aliphatic carbocycles. The third-order valence-electron chi connectivity index (χ3n) is 3.79. The summed E-state index contributed by atoms with van der Waals surface area (Å²) in [5.41, 5.74) is 4.67. The molecule has 0 aliphatic rings. The molecule has 130 valence electrons. The zero-order chi connectivity index (χ0) is 17.6. The molecule has 6 nitrogen and oxygen atoms in total. The minimum Gasteiger partial charge on any atom is -0.493 e. The number of methoxy groups -OCH3 is 1. The van der Waals surface area contributed by atoms with E-state index in [2.05, 4.69) is 10.5 Å². The van der Waals surface area contributed by atoms with Crippen LogP contribution in [0.15, 0.2) is 52.9 Å². The summed E-state index contributed by atoms with van der Waals surface area (Å²) in [6, 6.07) is 15.2. The van der Waals surface area contributed by atoms with E-state index in [1.54, 1.807) is 13.2 Å². The van der Waals surface area contributed by atoms with E-state index in [9.17, 15) is 0 Å². The monoisotopic (exact) mass is 340 g/mol. The van der Waals surface area contributed by atoms with Gasteiger partial charge in [0.05, 0.1) is 7.11 Å². The Kier molecular flexibility index (Phi) is 5.33. The lowest BCUT2D eigenvalue weighted by Gasteiger charge is -2.11. The van der Waals surface area contributed by atoms with Crippen molar-refractivity contribution in [2.24, 2.45) is 0 Å². The standard InChI is InChI=1S/C19H20N2O4/c1-13-16(21-19(25-13)15-6-4-3-5-7-15)12-24-17-9-8-14(11-20-22)10-18(17)23-2/h3-10,20,22H,11-12H2,1-2H3. The molecule has 0 fully saturated rings. The number of hydrogen-bond donors (Lipinski definition) is 2. The van der Waals surface area contributed by atoms with Gasteiger partial charge in [0.1, 0.15) is 18.1 Å². The fourth-order valence-corrected chi connectivity index (χ4v) is 2.44. The lowest BCUT2D eigenvalue weighted by atomic mass is 10.2. The Morgan fingerprint density at radius 1 is 1.12 bits per heavy atom. The molecule has 0 unspecified atom stereocenters. The number of nitrogens with one attached hydrogen (secondary N) is 1. The van der Waals surface area contributed by atoms with Gasteiger partial charge in [-0.2, -0.15) is 0 Å². The van der Waals surface area contributed by atoms with E-state index in [0.717, 1.165) is 22.6 Å². The number of nitrogens with zero attached hydrogens (tertiary/aromatic N) is 1. The molecule has 2 N–H and O–H groups in total. The SMILES string of the molecule is COc1cc(CNO)ccc1OCc1nc(-c2ccccc2)oc1C. The molecular formula is C19H20N2O4. The van der Waals surface area contributed by atoms with E-state index in [1.165, 1.54) is 0 Å². The van der Waals surface area contributed by atoms with Gasteiger partial charge in [-0.05, 0) is 36.8 Å². The van der Waals surface area contributed by atoms with Crippen LogP contribution in [0, 0.1) is 6.92 Å². The van der Waals surface area contributed by atoms with Gasteiger partial charge in [-0.1, -0.05) is 24.3 Å². The summed E-state index contributed by atoms with van der Waals surface area (Å²) in [6.45, 7) is 2.47. The van der Waals surface area contributed by atoms with Gasteiger partial charge >= 0.3 is 0 Å². The third kappa shape index (κ3) is 3.99. The van der Waals surface area contributed by atoms with Gasteiger partial charge in [0.15, 0.2) is 11.5 Å². The summed E-state index contributed by atoms with van der Waals surface area (Å²) in [4.78, 5) is 4.52. The molecule has 25 heavy (non-hydrogen) atoms. The van der Waals surface area contributed by atoms with Crippen LogP contribution in [0.2, 0.25) is 0 Å². The molecule has 1 heterocycles. The van der Waals surface area contributed by atoms with Gasteiger partial charge in [-0.3, -0.25) is 0 Å². The van der Waals surface area contributed by atoms with Crippen LogP contribution in [0.25, 0.3) is 11.5 Å². The summed E-state index contributed by atoms with van der Waals surface area (Å²) < 4.78 is 16.9. The van der Waals surface area contributed by atoms with E-state index in [-0.39, 0.29) is 6.61 Å². The minimum atomic E-state index is 0.274. The lowest BCUT2D eigenvalue weighted by molar-refractivity contribution is 0.161. The maximum atomic E-state index is 8.79. The van der Waals surface area contributed by atoms with Gasteiger partial charge in [0.25, 0.3) is 0 Å². The Morgan fingerprint density at radius 3 is 2.64 bits per heavy atom. The second-order valence-corrected chi connectivity index (χ2v) is 5.50. The first-order valence-electron chi connectivity index (χ1n) is 7.89. The van der Waals surface area contributed by atoms with Crippen LogP contribution in [-0.4, -0.2) is 17.3 Å². The van der Waals surface area contributed by atoms with E-state index >= 15 is 0 Å². The summed E-state index contributed by atoms with van der Waals surface area (Å²) in [5, 5.41) is 8.79. The summed E-state index contributed by atoms with van der Waals surface area (Å²) in [6.07, 6.45) is 0. The molecule has 0 aliphatic heterocycles. The van der Waals surface area contributed by atoms with Crippen molar-refractivity contribution in [3.05, 3.63) is 65.5 Å². The average Bonchev–Trinajstić information content (AvgIpc) is 3.02. The topological polar surface area (TPSA) is 76.8 Å². The van der Waals surface area contributed by atoms with E-state index in [1.807, 2.05) is 49.4 Å². The molecule has 0 spiro atoms. The zero-order valence-electron chi connectivity index (χ0n) is 14.2. The van der Waals surface area contributed by atoms with Crippen LogP contribution in [0.4, 0.5) is 0 Å². The van der Waals surface area contributed by atoms with Gasteiger partial charge in [0.2, 0.25) is 5.89 Å². The van der Waals surface area contributed by atoms with Crippen molar-refractivity contribution in [2.75, 3.05) is 7.11 Å². The van der Waals surface area contributed by atoms with Crippen molar-refractivity contribution >= 4 is 0 Å². The van der Waals surface area contributed by atoms with Crippen LogP contribution < -0.4 is 15.0 Å². The highest BCUT2D eigenvalue weighted by Gasteiger charge is 2.13. The van der Waals surface area contributed by atoms with Gasteiger partial charge in [-0.15, -0.1) is 0 Å². The van der Waals surface area contributed by atoms with E-state index in [4.69, 9.17) is 19.1 Å². The van der Waals surface area contributed by atoms with Crippen LogP contribution in [0.1, 0.15) is 17.0 Å². The first-order valence-corrected chi connectivity index (χ1v) is 7.89. The molecule has 2 aromatic carbocycles. The summed E-state index contributed by atoms with van der Waals surface area (Å²) >= 11 is 0. The predicted molar refractivity (Wildman–Crippen MR) is 92.6 cm³/mol. The number of ether oxygens (including phenoxy) is 2. The van der Waals surface area contributed by atoms with Gasteiger partial charge < -0.3 is 19.1 Å². The second-order valence-electron chi connectivity index (χ2n) is 5.50. The van der Waals surface area contributed by atoms with Crippen molar-refractivity contribution in [3.8, 4) is 23.0 Å². The Balaban J connectivity index is 1.75. The highest BCUT2D eigenvalue weighted by molar-refractivity contribution is 5.53. The zero-order valence-corrected chi connectivity index (χ0v) is 14.2. The van der Waals surface area contributed by atoms with Crippen LogP contribution in [-0.2, 0) is 13.2 Å². The predicted octanol–water partition coefficient (Wildman–Crippen LogP) is 3.72. The average molecular weight is 340 g/mol. The van der Waals surface area contributed by atoms with Crippen LogP contribution in [0.3, 0.4) is 0 Å². The number of hydroxylamine groups is 1. The Bertz CT molecular complexity index is 831. The molecule has 3 aromatic rings. The van der Waals surface area contributed by atoms with Gasteiger partial charge in [-0.25, -0.2) is 10.5 Å². The fourth-order valence-electron chi connectivity index (χ4n) is 2.44. The smallest absolute Gasteiger partial charge is 0.226 e. The third-order valence-corrected chi connectivity index (χ3v) is 3.79. The molecule has 6 heteroatoms. The fraction of sp³-hybridized carbons (Fsp3) is 0.211. The first kappa shape index (κ1) is 17.0. The van der Waals surface area contributed by atoms with Crippen molar-refractivity contribution < 1.29 is 19.1 Å². The van der Waals surface area contributed by atoms with Gasteiger partial charge in [0, 0.05) is 12.1 Å². The number of oxazole rings is 1. The Morgan fingerprint density at radius 2 is 1.92 bits per heavy atom. The van der Waals surface area contributed by atoms with Crippen molar-refractivity contribution in [1.29, 1.82) is 0 Å². The number of aromatic nitrogens is 1. The van der Waals surface area contributed by atoms with Crippen LogP contribution in [0.5, 0.6) is 11.5 Å². The van der Waals surface area contributed by atoms with Crippen molar-refractivity contribution in [2.45, 2.75) is 20.1 Å². The quantitative estimate of drug-likeness (QED) is 0.639. The molecule has 0 radical (unpaired) electrons. The maximum absolute atomic E-state index is 8.79. The number of hydrogen-bond acceptors (Lipinski definition) is 6. The maximum Gasteiger partial charge on any atom is 0.226 e. The lowest BCUT2D eigenvalue weighted by Crippen LogP contribution is -2.06. The molecule has 1 aromatic heterocycles. The molecule has 0 atom stereocenters. The second kappa shape index (κ2) is 7.83. The highest BCUT2D eigenvalue weighted by atomic mass is 16.5. The van der Waals surface area contributed by atoms with E-state index < -0.39 is 0 Å². The molecule has 0 saturated heterocycles. The Labute approximate surface area is 146 Å². The van der Waals surface area contributed by atoms with Crippen molar-refractivity contribution in [1.82, 2.24) is 10.5 Å². The number of benzene rings is 2. The van der Waals surface area contributed by atoms with E-state index in [0.29, 0.717) is 23.9 Å². The number of aryl methyl sites for hydroxylation is 1. The molecule has 0 saturated carbocycles. The first-order chi connectivity index (χ1) is 12.2. The largest absolute Gasteiger partial charge is 0.493 e. The minimum absolute atomic E-state index is 0.274. The molecular weight excluding hydrogens is 320 g/mol. The number of rotatable bonds is 7. The molecule has 0 amide bonds. The highest BCUT2D eigenvalue weighted by Crippen LogP contribution is 2.29. The van der Waals surface area contributed by atoms with Crippen molar-refractivity contribution in [3.63, 3.8) is 0 Å². The Hall–Kier alpha value is -2.83. The van der Waals surface area contributed by atoms with Crippen LogP contribution >= 0.6 is 0 Å². The normalized spacial score (nSPS) is 10.7. The summed E-state index contributed by atoms with van der Waals surface area (Å²) in [5.74, 6) is 2.50. The molecule has 0 bridgehead atoms.